The van der Waals surface area contributed by atoms with Crippen molar-refractivity contribution in [2.75, 3.05) is 20.3 Å². The lowest BCUT2D eigenvalue weighted by Crippen LogP contribution is -2.29. The standard InChI is InChI=1S/C12H16BrNO/c1-15-6-5-9-7-14-8-11-10(9)3-2-4-12(11)13/h2-4,9,14H,5-8H2,1H3. The van der Waals surface area contributed by atoms with Crippen LogP contribution in [0.2, 0.25) is 0 Å². The zero-order chi connectivity index (χ0) is 10.7. The first-order chi connectivity index (χ1) is 7.33. The van der Waals surface area contributed by atoms with Crippen molar-refractivity contribution in [1.82, 2.24) is 5.32 Å². The van der Waals surface area contributed by atoms with Crippen LogP contribution in [0.5, 0.6) is 0 Å². The van der Waals surface area contributed by atoms with Crippen molar-refractivity contribution >= 4 is 15.9 Å². The van der Waals surface area contributed by atoms with Gasteiger partial charge in [-0.2, -0.15) is 0 Å². The molecule has 2 rings (SSSR count). The normalized spacial score (nSPS) is 20.0. The van der Waals surface area contributed by atoms with Crippen molar-refractivity contribution in [3.05, 3.63) is 33.8 Å². The highest BCUT2D eigenvalue weighted by Crippen LogP contribution is 2.31. The van der Waals surface area contributed by atoms with E-state index in [1.807, 2.05) is 0 Å². The molecule has 1 unspecified atom stereocenters. The Morgan fingerprint density at radius 2 is 2.40 bits per heavy atom. The minimum Gasteiger partial charge on any atom is -0.385 e. The number of nitrogens with one attached hydrogen (secondary N) is 1. The summed E-state index contributed by atoms with van der Waals surface area (Å²) in [6, 6.07) is 6.47. The van der Waals surface area contributed by atoms with Gasteiger partial charge in [-0.15, -0.1) is 0 Å². The third-order valence-corrected chi connectivity index (χ3v) is 3.70. The fourth-order valence-corrected chi connectivity index (χ4v) is 2.67. The fourth-order valence-electron chi connectivity index (χ4n) is 2.14. The first kappa shape index (κ1) is 11.1. The zero-order valence-electron chi connectivity index (χ0n) is 8.92. The Morgan fingerprint density at radius 3 is 3.20 bits per heavy atom. The predicted octanol–water partition coefficient (Wildman–Crippen LogP) is 2.67. The van der Waals surface area contributed by atoms with Gasteiger partial charge in [0.25, 0.3) is 0 Å². The molecule has 1 N–H and O–H groups in total. The van der Waals surface area contributed by atoms with Crippen molar-refractivity contribution in [2.45, 2.75) is 18.9 Å². The number of halogens is 1. The van der Waals surface area contributed by atoms with Gasteiger partial charge in [-0.25, -0.2) is 0 Å². The molecule has 0 saturated carbocycles. The van der Waals surface area contributed by atoms with Crippen LogP contribution in [0.4, 0.5) is 0 Å². The molecule has 1 heterocycles. The molecule has 1 aliphatic rings. The van der Waals surface area contributed by atoms with E-state index in [2.05, 4.69) is 39.4 Å². The number of hydrogen-bond acceptors (Lipinski definition) is 2. The van der Waals surface area contributed by atoms with Crippen LogP contribution in [-0.4, -0.2) is 20.3 Å². The average molecular weight is 270 g/mol. The molecule has 1 aliphatic heterocycles. The van der Waals surface area contributed by atoms with E-state index in [0.29, 0.717) is 5.92 Å². The van der Waals surface area contributed by atoms with E-state index in [-0.39, 0.29) is 0 Å². The molecule has 82 valence electrons. The smallest absolute Gasteiger partial charge is 0.0468 e. The van der Waals surface area contributed by atoms with E-state index in [9.17, 15) is 0 Å². The van der Waals surface area contributed by atoms with Gasteiger partial charge in [-0.1, -0.05) is 28.1 Å². The van der Waals surface area contributed by atoms with Gasteiger partial charge in [0.1, 0.15) is 0 Å². The number of hydrogen-bond donors (Lipinski definition) is 1. The molecule has 0 aliphatic carbocycles. The van der Waals surface area contributed by atoms with Gasteiger partial charge in [0, 0.05) is 31.3 Å². The van der Waals surface area contributed by atoms with Gasteiger partial charge in [-0.05, 0) is 29.5 Å². The molecule has 1 aromatic rings. The molecule has 2 nitrogen and oxygen atoms in total. The summed E-state index contributed by atoms with van der Waals surface area (Å²) in [5.74, 6) is 0.589. The zero-order valence-corrected chi connectivity index (χ0v) is 10.5. The fraction of sp³-hybridized carbons (Fsp3) is 0.500. The van der Waals surface area contributed by atoms with E-state index >= 15 is 0 Å². The molecular weight excluding hydrogens is 254 g/mol. The highest BCUT2D eigenvalue weighted by atomic mass is 79.9. The summed E-state index contributed by atoms with van der Waals surface area (Å²) >= 11 is 3.61. The van der Waals surface area contributed by atoms with Gasteiger partial charge >= 0.3 is 0 Å². The van der Waals surface area contributed by atoms with E-state index in [4.69, 9.17) is 4.74 Å². The third kappa shape index (κ3) is 2.41. The van der Waals surface area contributed by atoms with Gasteiger partial charge < -0.3 is 10.1 Å². The Balaban J connectivity index is 2.22. The Hall–Kier alpha value is -0.380. The molecule has 0 bridgehead atoms. The number of fused-ring (bicyclic) bond motifs is 1. The van der Waals surface area contributed by atoms with Crippen LogP contribution in [0, 0.1) is 0 Å². The van der Waals surface area contributed by atoms with Crippen molar-refractivity contribution in [3.63, 3.8) is 0 Å². The lowest BCUT2D eigenvalue weighted by atomic mass is 9.89. The molecule has 0 radical (unpaired) electrons. The Labute approximate surface area is 99.1 Å². The lowest BCUT2D eigenvalue weighted by Gasteiger charge is -2.27. The Morgan fingerprint density at radius 1 is 1.53 bits per heavy atom. The lowest BCUT2D eigenvalue weighted by molar-refractivity contribution is 0.186. The highest BCUT2D eigenvalue weighted by molar-refractivity contribution is 9.10. The highest BCUT2D eigenvalue weighted by Gasteiger charge is 2.20. The largest absolute Gasteiger partial charge is 0.385 e. The summed E-state index contributed by atoms with van der Waals surface area (Å²) in [6.07, 6.45) is 1.09. The number of methoxy groups -OCH3 is 1. The van der Waals surface area contributed by atoms with Crippen LogP contribution < -0.4 is 5.32 Å². The van der Waals surface area contributed by atoms with Crippen LogP contribution in [0.25, 0.3) is 0 Å². The molecule has 0 aromatic heterocycles. The minimum atomic E-state index is 0.589. The van der Waals surface area contributed by atoms with E-state index in [1.165, 1.54) is 15.6 Å². The number of ether oxygens (including phenoxy) is 1. The molecule has 0 fully saturated rings. The average Bonchev–Trinajstić information content (AvgIpc) is 2.27. The van der Waals surface area contributed by atoms with Crippen LogP contribution in [0.1, 0.15) is 23.5 Å². The van der Waals surface area contributed by atoms with Gasteiger partial charge in [0.2, 0.25) is 0 Å². The monoisotopic (exact) mass is 269 g/mol. The summed E-state index contributed by atoms with van der Waals surface area (Å²) in [6.45, 7) is 2.87. The molecule has 0 spiro atoms. The van der Waals surface area contributed by atoms with Gasteiger partial charge in [0.05, 0.1) is 0 Å². The maximum atomic E-state index is 5.15. The predicted molar refractivity (Wildman–Crippen MR) is 65.1 cm³/mol. The van der Waals surface area contributed by atoms with Crippen LogP contribution in [0.3, 0.4) is 0 Å². The molecule has 1 aromatic carbocycles. The molecular formula is C12H16BrNO. The molecule has 3 heteroatoms. The minimum absolute atomic E-state index is 0.589. The van der Waals surface area contributed by atoms with Crippen LogP contribution >= 0.6 is 15.9 Å². The van der Waals surface area contributed by atoms with Crippen molar-refractivity contribution < 1.29 is 4.74 Å². The second-order valence-corrected chi connectivity index (χ2v) is 4.77. The van der Waals surface area contributed by atoms with Gasteiger partial charge in [0.15, 0.2) is 0 Å². The molecule has 1 atom stereocenters. The SMILES string of the molecule is COCCC1CNCc2c(Br)cccc21. The molecule has 15 heavy (non-hydrogen) atoms. The summed E-state index contributed by atoms with van der Waals surface area (Å²) in [7, 11) is 1.76. The third-order valence-electron chi connectivity index (χ3n) is 2.96. The van der Waals surface area contributed by atoms with E-state index in [1.54, 1.807) is 7.11 Å². The summed E-state index contributed by atoms with van der Waals surface area (Å²) in [5, 5.41) is 3.46. The summed E-state index contributed by atoms with van der Waals surface area (Å²) in [4.78, 5) is 0. The quantitative estimate of drug-likeness (QED) is 0.911. The van der Waals surface area contributed by atoms with Crippen molar-refractivity contribution in [2.24, 2.45) is 0 Å². The summed E-state index contributed by atoms with van der Waals surface area (Å²) < 4.78 is 6.37. The maximum Gasteiger partial charge on any atom is 0.0468 e. The van der Waals surface area contributed by atoms with Crippen LogP contribution in [-0.2, 0) is 11.3 Å². The van der Waals surface area contributed by atoms with E-state index in [0.717, 1.165) is 26.1 Å². The topological polar surface area (TPSA) is 21.3 Å². The first-order valence-corrected chi connectivity index (χ1v) is 6.09. The van der Waals surface area contributed by atoms with Crippen molar-refractivity contribution in [3.8, 4) is 0 Å². The molecule has 0 saturated heterocycles. The van der Waals surface area contributed by atoms with Crippen molar-refractivity contribution in [1.29, 1.82) is 0 Å². The van der Waals surface area contributed by atoms with E-state index < -0.39 is 0 Å². The number of benzene rings is 1. The second kappa shape index (κ2) is 5.10. The Kier molecular flexibility index (Phi) is 3.78. The second-order valence-electron chi connectivity index (χ2n) is 3.92. The molecule has 0 amide bonds. The first-order valence-electron chi connectivity index (χ1n) is 5.30. The Bertz CT molecular complexity index is 340. The maximum absolute atomic E-state index is 5.15. The van der Waals surface area contributed by atoms with Crippen LogP contribution in [0.15, 0.2) is 22.7 Å². The van der Waals surface area contributed by atoms with Gasteiger partial charge in [-0.3, -0.25) is 0 Å². The number of rotatable bonds is 3. The summed E-state index contributed by atoms with van der Waals surface area (Å²) in [5.41, 5.74) is 2.88.